The first-order valence-electron chi connectivity index (χ1n) is 6.76. The number of amides is 2. The summed E-state index contributed by atoms with van der Waals surface area (Å²) in [6, 6.07) is 7.07. The fourth-order valence-corrected chi connectivity index (χ4v) is 2.13. The van der Waals surface area contributed by atoms with Gasteiger partial charge in [-0.15, -0.1) is 0 Å². The Kier molecular flexibility index (Phi) is 5.84. The average molecular weight is 299 g/mol. The average Bonchev–Trinajstić information content (AvgIpc) is 2.34. The minimum Gasteiger partial charge on any atom is -0.389 e. The van der Waals surface area contributed by atoms with Crippen molar-refractivity contribution < 1.29 is 9.90 Å². The van der Waals surface area contributed by atoms with Crippen molar-refractivity contribution in [1.29, 1.82) is 0 Å². The number of hydrogen-bond donors (Lipinski definition) is 2. The first-order valence-corrected chi connectivity index (χ1v) is 7.14. The molecule has 2 amide bonds. The lowest BCUT2D eigenvalue weighted by atomic mass is 10.1. The molecular formula is C15H23ClN2O2. The molecule has 0 saturated heterocycles. The number of urea groups is 1. The van der Waals surface area contributed by atoms with E-state index in [1.165, 1.54) is 0 Å². The Balaban J connectivity index is 2.68. The molecule has 1 aromatic carbocycles. The van der Waals surface area contributed by atoms with Crippen molar-refractivity contribution in [3.8, 4) is 0 Å². The molecule has 0 heterocycles. The van der Waals surface area contributed by atoms with Gasteiger partial charge in [-0.1, -0.05) is 23.7 Å². The van der Waals surface area contributed by atoms with Gasteiger partial charge in [-0.05, 0) is 45.4 Å². The summed E-state index contributed by atoms with van der Waals surface area (Å²) in [6.45, 7) is 7.99. The van der Waals surface area contributed by atoms with Gasteiger partial charge in [-0.2, -0.15) is 0 Å². The molecule has 0 aliphatic heterocycles. The molecule has 0 aliphatic rings. The molecule has 0 fully saturated rings. The molecule has 0 aliphatic carbocycles. The van der Waals surface area contributed by atoms with Gasteiger partial charge in [0.25, 0.3) is 0 Å². The fourth-order valence-electron chi connectivity index (χ4n) is 1.93. The number of halogens is 1. The Bertz CT molecular complexity index is 457. The predicted octanol–water partition coefficient (Wildman–Crippen LogP) is 3.20. The van der Waals surface area contributed by atoms with Crippen molar-refractivity contribution in [2.24, 2.45) is 0 Å². The number of rotatable bonds is 5. The van der Waals surface area contributed by atoms with E-state index in [0.717, 1.165) is 5.56 Å². The number of hydrogen-bond acceptors (Lipinski definition) is 2. The summed E-state index contributed by atoms with van der Waals surface area (Å²) < 4.78 is 0. The summed E-state index contributed by atoms with van der Waals surface area (Å²) in [7, 11) is 0. The maximum absolute atomic E-state index is 12.2. The molecule has 1 unspecified atom stereocenters. The summed E-state index contributed by atoms with van der Waals surface area (Å²) in [5, 5.41) is 13.4. The van der Waals surface area contributed by atoms with Gasteiger partial charge in [0, 0.05) is 11.6 Å². The predicted molar refractivity (Wildman–Crippen MR) is 81.9 cm³/mol. The van der Waals surface area contributed by atoms with Crippen molar-refractivity contribution in [2.45, 2.75) is 39.3 Å². The number of carbonyl (C=O) groups excluding carboxylic acids is 1. The molecule has 5 heteroatoms. The van der Waals surface area contributed by atoms with Gasteiger partial charge in [0.1, 0.15) is 0 Å². The van der Waals surface area contributed by atoms with E-state index in [1.807, 2.05) is 32.0 Å². The first-order chi connectivity index (χ1) is 9.23. The molecule has 0 saturated carbocycles. The SMILES string of the molecule is CCN(CC(C)(C)O)C(=O)NC(C)c1cccc(Cl)c1. The molecule has 1 atom stereocenters. The highest BCUT2D eigenvalue weighted by molar-refractivity contribution is 6.30. The van der Waals surface area contributed by atoms with Crippen LogP contribution in [0, 0.1) is 0 Å². The zero-order valence-electron chi connectivity index (χ0n) is 12.5. The molecule has 1 aromatic rings. The maximum Gasteiger partial charge on any atom is 0.317 e. The highest BCUT2D eigenvalue weighted by Gasteiger charge is 2.22. The van der Waals surface area contributed by atoms with Crippen molar-refractivity contribution in [1.82, 2.24) is 10.2 Å². The highest BCUT2D eigenvalue weighted by Crippen LogP contribution is 2.17. The number of carbonyl (C=O) groups is 1. The zero-order valence-corrected chi connectivity index (χ0v) is 13.2. The van der Waals surface area contributed by atoms with E-state index >= 15 is 0 Å². The van der Waals surface area contributed by atoms with Gasteiger partial charge in [-0.25, -0.2) is 4.79 Å². The molecule has 4 nitrogen and oxygen atoms in total. The number of nitrogens with one attached hydrogen (secondary N) is 1. The lowest BCUT2D eigenvalue weighted by molar-refractivity contribution is 0.0476. The summed E-state index contributed by atoms with van der Waals surface area (Å²) in [5.41, 5.74) is 0.0391. The molecule has 1 rings (SSSR count). The Hall–Kier alpha value is -1.26. The fraction of sp³-hybridized carbons (Fsp3) is 0.533. The van der Waals surface area contributed by atoms with Crippen molar-refractivity contribution in [3.05, 3.63) is 34.9 Å². The summed E-state index contributed by atoms with van der Waals surface area (Å²) in [5.74, 6) is 0. The molecular weight excluding hydrogens is 276 g/mol. The third kappa shape index (κ3) is 5.39. The smallest absolute Gasteiger partial charge is 0.317 e. The third-order valence-electron chi connectivity index (χ3n) is 2.94. The molecule has 0 spiro atoms. The van der Waals surface area contributed by atoms with Gasteiger partial charge in [0.2, 0.25) is 0 Å². The molecule has 20 heavy (non-hydrogen) atoms. The lowest BCUT2D eigenvalue weighted by Crippen LogP contribution is -2.47. The maximum atomic E-state index is 12.2. The van der Waals surface area contributed by atoms with E-state index < -0.39 is 5.60 Å². The van der Waals surface area contributed by atoms with E-state index in [9.17, 15) is 9.90 Å². The Morgan fingerprint density at radius 2 is 2.15 bits per heavy atom. The van der Waals surface area contributed by atoms with Crippen LogP contribution in [-0.4, -0.2) is 34.7 Å². The molecule has 0 aromatic heterocycles. The topological polar surface area (TPSA) is 52.6 Å². The van der Waals surface area contributed by atoms with Crippen LogP contribution in [0.1, 0.15) is 39.3 Å². The highest BCUT2D eigenvalue weighted by atomic mass is 35.5. The van der Waals surface area contributed by atoms with Crippen LogP contribution in [0.4, 0.5) is 4.79 Å². The minimum atomic E-state index is -0.910. The lowest BCUT2D eigenvalue weighted by Gasteiger charge is -2.29. The Morgan fingerprint density at radius 3 is 2.65 bits per heavy atom. The van der Waals surface area contributed by atoms with Crippen LogP contribution in [-0.2, 0) is 0 Å². The van der Waals surface area contributed by atoms with Gasteiger partial charge >= 0.3 is 6.03 Å². The number of nitrogens with zero attached hydrogens (tertiary/aromatic N) is 1. The normalized spacial score (nSPS) is 12.9. The van der Waals surface area contributed by atoms with Crippen LogP contribution in [0.2, 0.25) is 5.02 Å². The van der Waals surface area contributed by atoms with Crippen LogP contribution < -0.4 is 5.32 Å². The van der Waals surface area contributed by atoms with Crippen molar-refractivity contribution in [2.75, 3.05) is 13.1 Å². The van der Waals surface area contributed by atoms with Crippen LogP contribution in [0.3, 0.4) is 0 Å². The van der Waals surface area contributed by atoms with Crippen LogP contribution in [0.5, 0.6) is 0 Å². The van der Waals surface area contributed by atoms with E-state index in [4.69, 9.17) is 11.6 Å². The largest absolute Gasteiger partial charge is 0.389 e. The number of aliphatic hydroxyl groups is 1. The van der Waals surface area contributed by atoms with Crippen molar-refractivity contribution >= 4 is 17.6 Å². The quantitative estimate of drug-likeness (QED) is 0.877. The standard InChI is InChI=1S/C15H23ClN2O2/c1-5-18(10-15(3,4)20)14(19)17-11(2)12-7-6-8-13(16)9-12/h6-9,11,20H,5,10H2,1-4H3,(H,17,19). The number of likely N-dealkylation sites (N-methyl/N-ethyl adjacent to an activating group) is 1. The first kappa shape index (κ1) is 16.8. The summed E-state index contributed by atoms with van der Waals surface area (Å²) >= 11 is 5.95. The zero-order chi connectivity index (χ0) is 15.3. The molecule has 0 bridgehead atoms. The Labute approximate surface area is 125 Å². The second kappa shape index (κ2) is 6.95. The number of benzene rings is 1. The van der Waals surface area contributed by atoms with E-state index in [0.29, 0.717) is 11.6 Å². The Morgan fingerprint density at radius 1 is 1.50 bits per heavy atom. The van der Waals surface area contributed by atoms with Gasteiger partial charge in [0.05, 0.1) is 18.2 Å². The van der Waals surface area contributed by atoms with E-state index in [1.54, 1.807) is 24.8 Å². The molecule has 0 radical (unpaired) electrons. The third-order valence-corrected chi connectivity index (χ3v) is 3.17. The second-order valence-corrected chi connectivity index (χ2v) is 5.99. The van der Waals surface area contributed by atoms with Crippen LogP contribution in [0.25, 0.3) is 0 Å². The van der Waals surface area contributed by atoms with Crippen LogP contribution >= 0.6 is 11.6 Å². The second-order valence-electron chi connectivity index (χ2n) is 5.55. The van der Waals surface area contributed by atoms with Crippen molar-refractivity contribution in [3.63, 3.8) is 0 Å². The van der Waals surface area contributed by atoms with Crippen LogP contribution in [0.15, 0.2) is 24.3 Å². The summed E-state index contributed by atoms with van der Waals surface area (Å²) in [4.78, 5) is 13.8. The van der Waals surface area contributed by atoms with Gasteiger partial charge in [-0.3, -0.25) is 0 Å². The minimum absolute atomic E-state index is 0.142. The monoisotopic (exact) mass is 298 g/mol. The van der Waals surface area contributed by atoms with E-state index in [2.05, 4.69) is 5.32 Å². The summed E-state index contributed by atoms with van der Waals surface area (Å²) in [6.07, 6.45) is 0. The molecule has 2 N–H and O–H groups in total. The van der Waals surface area contributed by atoms with E-state index in [-0.39, 0.29) is 18.6 Å². The van der Waals surface area contributed by atoms with Gasteiger partial charge in [0.15, 0.2) is 0 Å². The molecule has 112 valence electrons. The van der Waals surface area contributed by atoms with Gasteiger partial charge < -0.3 is 15.3 Å².